The average Bonchev–Trinajstić information content (AvgIpc) is 2.91. The van der Waals surface area contributed by atoms with Gasteiger partial charge < -0.3 is 14.6 Å². The number of nitrogens with one attached hydrogen (secondary N) is 1. The Labute approximate surface area is 143 Å². The van der Waals surface area contributed by atoms with Crippen LogP contribution in [-0.2, 0) is 16.6 Å². The maximum Gasteiger partial charge on any atom is 0.325 e. The predicted molar refractivity (Wildman–Crippen MR) is 91.6 cm³/mol. The molecular weight excluding hydrogens is 324 g/mol. The van der Waals surface area contributed by atoms with E-state index in [1.54, 1.807) is 26.2 Å². The second-order valence-electron chi connectivity index (χ2n) is 5.67. The number of ether oxygens (including phenoxy) is 1. The van der Waals surface area contributed by atoms with E-state index in [2.05, 4.69) is 10.3 Å². The SMILES string of the molecule is CCOC(=O)CNC(=O)c1cc2c(=O)n3cc(C)ccc3nc2n1C. The van der Waals surface area contributed by atoms with E-state index < -0.39 is 11.9 Å². The number of aromatic nitrogens is 3. The highest BCUT2D eigenvalue weighted by atomic mass is 16.5. The van der Waals surface area contributed by atoms with E-state index >= 15 is 0 Å². The molecule has 0 aliphatic heterocycles. The predicted octanol–water partition coefficient (Wildman–Crippen LogP) is 0.788. The Morgan fingerprint density at radius 2 is 2.08 bits per heavy atom. The maximum absolute atomic E-state index is 12.7. The van der Waals surface area contributed by atoms with Gasteiger partial charge in [-0.05, 0) is 31.5 Å². The number of hydrogen-bond acceptors (Lipinski definition) is 5. The molecule has 3 aromatic rings. The molecule has 1 amide bonds. The molecule has 0 unspecified atom stereocenters. The van der Waals surface area contributed by atoms with Crippen molar-refractivity contribution in [1.82, 2.24) is 19.3 Å². The molecule has 130 valence electrons. The van der Waals surface area contributed by atoms with Crippen LogP contribution in [0.2, 0.25) is 0 Å². The lowest BCUT2D eigenvalue weighted by atomic mass is 10.3. The van der Waals surface area contributed by atoms with Gasteiger partial charge in [0, 0.05) is 13.2 Å². The summed E-state index contributed by atoms with van der Waals surface area (Å²) in [6.07, 6.45) is 1.71. The highest BCUT2D eigenvalue weighted by molar-refractivity contribution is 5.99. The number of fused-ring (bicyclic) bond motifs is 2. The van der Waals surface area contributed by atoms with Gasteiger partial charge >= 0.3 is 5.97 Å². The first kappa shape index (κ1) is 16.7. The molecule has 1 N–H and O–H groups in total. The van der Waals surface area contributed by atoms with E-state index in [1.165, 1.54) is 15.0 Å². The van der Waals surface area contributed by atoms with Crippen LogP contribution >= 0.6 is 0 Å². The van der Waals surface area contributed by atoms with Gasteiger partial charge in [-0.25, -0.2) is 4.98 Å². The third-order valence-corrected chi connectivity index (χ3v) is 3.88. The van der Waals surface area contributed by atoms with Crippen LogP contribution in [0.15, 0.2) is 29.2 Å². The van der Waals surface area contributed by atoms with E-state index in [-0.39, 0.29) is 24.4 Å². The van der Waals surface area contributed by atoms with Crippen molar-refractivity contribution in [3.8, 4) is 0 Å². The van der Waals surface area contributed by atoms with E-state index in [9.17, 15) is 14.4 Å². The molecule has 0 spiro atoms. The topological polar surface area (TPSA) is 94.7 Å². The van der Waals surface area contributed by atoms with Crippen LogP contribution in [0, 0.1) is 6.92 Å². The van der Waals surface area contributed by atoms with Crippen molar-refractivity contribution in [2.24, 2.45) is 7.05 Å². The van der Waals surface area contributed by atoms with Crippen molar-refractivity contribution in [2.75, 3.05) is 13.2 Å². The smallest absolute Gasteiger partial charge is 0.325 e. The second-order valence-corrected chi connectivity index (χ2v) is 5.67. The molecular formula is C17H18N4O4. The van der Waals surface area contributed by atoms with Gasteiger partial charge in [-0.15, -0.1) is 0 Å². The van der Waals surface area contributed by atoms with Crippen molar-refractivity contribution >= 4 is 28.6 Å². The molecule has 3 rings (SSSR count). The van der Waals surface area contributed by atoms with Gasteiger partial charge in [0.15, 0.2) is 0 Å². The Morgan fingerprint density at radius 1 is 1.32 bits per heavy atom. The number of pyridine rings is 1. The molecule has 0 saturated carbocycles. The van der Waals surface area contributed by atoms with Gasteiger partial charge in [-0.1, -0.05) is 6.07 Å². The number of esters is 1. The van der Waals surface area contributed by atoms with E-state index in [0.29, 0.717) is 16.7 Å². The molecule has 0 aliphatic rings. The molecule has 8 nitrogen and oxygen atoms in total. The summed E-state index contributed by atoms with van der Waals surface area (Å²) in [5.74, 6) is -0.993. The fraction of sp³-hybridized carbons (Fsp3) is 0.294. The zero-order valence-electron chi connectivity index (χ0n) is 14.2. The Balaban J connectivity index is 2.03. The van der Waals surface area contributed by atoms with Gasteiger partial charge in [0.2, 0.25) is 0 Å². The van der Waals surface area contributed by atoms with Crippen LogP contribution in [0.25, 0.3) is 16.7 Å². The fourth-order valence-electron chi connectivity index (χ4n) is 2.65. The third-order valence-electron chi connectivity index (χ3n) is 3.88. The number of carbonyl (C=O) groups excluding carboxylic acids is 2. The van der Waals surface area contributed by atoms with Gasteiger partial charge in [-0.2, -0.15) is 0 Å². The summed E-state index contributed by atoms with van der Waals surface area (Å²) in [6.45, 7) is 3.58. The van der Waals surface area contributed by atoms with Gasteiger partial charge in [0.1, 0.15) is 23.5 Å². The molecule has 3 aromatic heterocycles. The minimum Gasteiger partial charge on any atom is -0.465 e. The van der Waals surface area contributed by atoms with Crippen molar-refractivity contribution in [2.45, 2.75) is 13.8 Å². The molecule has 0 aliphatic carbocycles. The van der Waals surface area contributed by atoms with Crippen LogP contribution in [0.1, 0.15) is 23.0 Å². The number of rotatable bonds is 4. The summed E-state index contributed by atoms with van der Waals surface area (Å²) in [5.41, 5.74) is 1.84. The Morgan fingerprint density at radius 3 is 2.80 bits per heavy atom. The number of aryl methyl sites for hydroxylation is 2. The summed E-state index contributed by atoms with van der Waals surface area (Å²) in [7, 11) is 1.65. The second kappa shape index (κ2) is 6.39. The first-order valence-corrected chi connectivity index (χ1v) is 7.84. The highest BCUT2D eigenvalue weighted by Crippen LogP contribution is 2.15. The molecule has 0 saturated heterocycles. The largest absolute Gasteiger partial charge is 0.465 e. The fourth-order valence-corrected chi connectivity index (χ4v) is 2.65. The Kier molecular flexibility index (Phi) is 4.26. The Bertz CT molecular complexity index is 1050. The average molecular weight is 342 g/mol. The summed E-state index contributed by atoms with van der Waals surface area (Å²) in [5, 5.41) is 2.82. The quantitative estimate of drug-likeness (QED) is 0.707. The first-order chi connectivity index (χ1) is 11.9. The van der Waals surface area contributed by atoms with Crippen LogP contribution in [0.4, 0.5) is 0 Å². The van der Waals surface area contributed by atoms with Crippen LogP contribution in [-0.4, -0.2) is 39.0 Å². The molecule has 0 radical (unpaired) electrons. The molecule has 0 bridgehead atoms. The summed E-state index contributed by atoms with van der Waals surface area (Å²) >= 11 is 0. The molecule has 8 heteroatoms. The first-order valence-electron chi connectivity index (χ1n) is 7.84. The molecule has 0 aromatic carbocycles. The zero-order chi connectivity index (χ0) is 18.1. The zero-order valence-corrected chi connectivity index (χ0v) is 14.2. The van der Waals surface area contributed by atoms with Crippen molar-refractivity contribution in [3.63, 3.8) is 0 Å². The van der Waals surface area contributed by atoms with Crippen molar-refractivity contribution < 1.29 is 14.3 Å². The van der Waals surface area contributed by atoms with E-state index in [4.69, 9.17) is 4.74 Å². The summed E-state index contributed by atoms with van der Waals surface area (Å²) in [4.78, 5) is 40.8. The summed E-state index contributed by atoms with van der Waals surface area (Å²) in [6, 6.07) is 5.10. The highest BCUT2D eigenvalue weighted by Gasteiger charge is 2.18. The maximum atomic E-state index is 12.7. The number of amides is 1. The van der Waals surface area contributed by atoms with Gasteiger partial charge in [-0.3, -0.25) is 18.8 Å². The molecule has 25 heavy (non-hydrogen) atoms. The lowest BCUT2D eigenvalue weighted by molar-refractivity contribution is -0.141. The van der Waals surface area contributed by atoms with Gasteiger partial charge in [0.05, 0.1) is 12.0 Å². The molecule has 0 atom stereocenters. The lowest BCUT2D eigenvalue weighted by Gasteiger charge is -2.06. The summed E-state index contributed by atoms with van der Waals surface area (Å²) < 4.78 is 7.77. The lowest BCUT2D eigenvalue weighted by Crippen LogP contribution is -2.31. The number of carbonyl (C=O) groups is 2. The van der Waals surface area contributed by atoms with Gasteiger partial charge in [0.25, 0.3) is 11.5 Å². The van der Waals surface area contributed by atoms with Crippen LogP contribution < -0.4 is 10.9 Å². The van der Waals surface area contributed by atoms with Crippen LogP contribution in [0.3, 0.4) is 0 Å². The number of nitrogens with zero attached hydrogens (tertiary/aromatic N) is 3. The van der Waals surface area contributed by atoms with Crippen LogP contribution in [0.5, 0.6) is 0 Å². The number of hydrogen-bond donors (Lipinski definition) is 1. The van der Waals surface area contributed by atoms with Crippen molar-refractivity contribution in [3.05, 3.63) is 46.0 Å². The minimum atomic E-state index is -0.519. The van der Waals surface area contributed by atoms with E-state index in [1.807, 2.05) is 13.0 Å². The normalized spacial score (nSPS) is 11.0. The monoisotopic (exact) mass is 342 g/mol. The standard InChI is InChI=1S/C17H18N4O4/c1-4-25-14(22)8-18-16(23)12-7-11-15(20(12)3)19-13-6-5-10(2)9-21(13)17(11)24/h5-7,9H,4,8H2,1-3H3,(H,18,23). The van der Waals surface area contributed by atoms with Crippen molar-refractivity contribution in [1.29, 1.82) is 0 Å². The molecule has 0 fully saturated rings. The minimum absolute atomic E-state index is 0.234. The third kappa shape index (κ3) is 2.98. The molecule has 3 heterocycles. The Hall–Kier alpha value is -3.16. The van der Waals surface area contributed by atoms with E-state index in [0.717, 1.165) is 5.56 Å².